The lowest BCUT2D eigenvalue weighted by atomic mass is 9.75. The van der Waals surface area contributed by atoms with Gasteiger partial charge in [0.25, 0.3) is 6.01 Å². The maximum atomic E-state index is 6.74. The SMILES string of the molecule is CC/C(C)=C(/C=C(\c1ccc(OCCOC)c(Cl)c1C)C1CCC1)c1coc(NC(C)C)n1. The van der Waals surface area contributed by atoms with E-state index in [9.17, 15) is 0 Å². The van der Waals surface area contributed by atoms with Gasteiger partial charge >= 0.3 is 0 Å². The monoisotopic (exact) mass is 472 g/mol. The minimum absolute atomic E-state index is 0.256. The summed E-state index contributed by atoms with van der Waals surface area (Å²) >= 11 is 6.74. The van der Waals surface area contributed by atoms with Crippen molar-refractivity contribution in [2.45, 2.75) is 66.3 Å². The van der Waals surface area contributed by atoms with Gasteiger partial charge in [0.1, 0.15) is 24.3 Å². The molecule has 180 valence electrons. The Labute approximate surface area is 203 Å². The number of anilines is 1. The number of aromatic nitrogens is 1. The number of nitrogens with one attached hydrogen (secondary N) is 1. The summed E-state index contributed by atoms with van der Waals surface area (Å²) in [5.74, 6) is 1.21. The molecule has 1 aromatic heterocycles. The molecule has 0 radical (unpaired) electrons. The lowest BCUT2D eigenvalue weighted by Gasteiger charge is -2.30. The van der Waals surface area contributed by atoms with Crippen molar-refractivity contribution in [2.24, 2.45) is 5.92 Å². The van der Waals surface area contributed by atoms with E-state index in [-0.39, 0.29) is 6.04 Å². The predicted octanol–water partition coefficient (Wildman–Crippen LogP) is 7.55. The molecule has 0 atom stereocenters. The van der Waals surface area contributed by atoms with E-state index in [1.807, 2.05) is 6.07 Å². The molecule has 1 aliphatic carbocycles. The van der Waals surface area contributed by atoms with Gasteiger partial charge in [-0.1, -0.05) is 36.6 Å². The smallest absolute Gasteiger partial charge is 0.295 e. The van der Waals surface area contributed by atoms with E-state index >= 15 is 0 Å². The summed E-state index contributed by atoms with van der Waals surface area (Å²) in [7, 11) is 1.66. The summed E-state index contributed by atoms with van der Waals surface area (Å²) in [5, 5.41) is 3.91. The first kappa shape index (κ1) is 25.4. The summed E-state index contributed by atoms with van der Waals surface area (Å²) in [6, 6.07) is 4.92. The van der Waals surface area contributed by atoms with Gasteiger partial charge in [-0.3, -0.25) is 0 Å². The van der Waals surface area contributed by atoms with E-state index < -0.39 is 0 Å². The van der Waals surface area contributed by atoms with Crippen molar-refractivity contribution < 1.29 is 13.9 Å². The van der Waals surface area contributed by atoms with E-state index in [0.29, 0.717) is 35.9 Å². The third-order valence-electron chi connectivity index (χ3n) is 6.23. The lowest BCUT2D eigenvalue weighted by molar-refractivity contribution is 0.146. The van der Waals surface area contributed by atoms with E-state index in [0.717, 1.165) is 23.3 Å². The molecule has 5 nitrogen and oxygen atoms in total. The van der Waals surface area contributed by atoms with Gasteiger partial charge in [-0.15, -0.1) is 0 Å². The number of hydrogen-bond acceptors (Lipinski definition) is 5. The van der Waals surface area contributed by atoms with Crippen LogP contribution in [-0.2, 0) is 4.74 Å². The first-order valence-corrected chi connectivity index (χ1v) is 12.3. The second-order valence-electron chi connectivity index (χ2n) is 9.00. The highest BCUT2D eigenvalue weighted by atomic mass is 35.5. The molecule has 1 heterocycles. The largest absolute Gasteiger partial charge is 0.490 e. The maximum Gasteiger partial charge on any atom is 0.295 e. The zero-order chi connectivity index (χ0) is 24.0. The molecule has 3 rings (SSSR count). The summed E-state index contributed by atoms with van der Waals surface area (Å²) in [5.41, 5.74) is 6.79. The van der Waals surface area contributed by atoms with Crippen molar-refractivity contribution >= 4 is 28.8 Å². The Kier molecular flexibility index (Phi) is 9.04. The van der Waals surface area contributed by atoms with Crippen LogP contribution in [0, 0.1) is 12.8 Å². The second kappa shape index (κ2) is 11.8. The number of allylic oxidation sites excluding steroid dienone is 4. The molecule has 1 aliphatic rings. The Morgan fingerprint density at radius 3 is 2.67 bits per heavy atom. The van der Waals surface area contributed by atoms with Crippen LogP contribution in [-0.4, -0.2) is 31.3 Å². The average Bonchev–Trinajstić information content (AvgIpc) is 3.20. The molecule has 1 aromatic carbocycles. The Balaban J connectivity index is 2.03. The fourth-order valence-corrected chi connectivity index (χ4v) is 4.15. The van der Waals surface area contributed by atoms with Crippen molar-refractivity contribution in [1.29, 1.82) is 0 Å². The molecule has 0 amide bonds. The van der Waals surface area contributed by atoms with Crippen molar-refractivity contribution in [3.63, 3.8) is 0 Å². The predicted molar refractivity (Wildman–Crippen MR) is 137 cm³/mol. The highest BCUT2D eigenvalue weighted by Gasteiger charge is 2.26. The summed E-state index contributed by atoms with van der Waals surface area (Å²) in [6.45, 7) is 11.6. The van der Waals surface area contributed by atoms with Crippen LogP contribution in [0.5, 0.6) is 5.75 Å². The minimum Gasteiger partial charge on any atom is -0.490 e. The Hall–Kier alpha value is -2.24. The minimum atomic E-state index is 0.256. The normalized spacial score (nSPS) is 15.5. The van der Waals surface area contributed by atoms with Gasteiger partial charge in [-0.05, 0) is 81.7 Å². The average molecular weight is 473 g/mol. The van der Waals surface area contributed by atoms with E-state index in [4.69, 9.17) is 30.5 Å². The number of nitrogens with zero attached hydrogens (tertiary/aromatic N) is 1. The molecule has 1 fully saturated rings. The number of rotatable bonds is 11. The van der Waals surface area contributed by atoms with Crippen molar-refractivity contribution in [2.75, 3.05) is 25.6 Å². The molecule has 1 saturated carbocycles. The van der Waals surface area contributed by atoms with Crippen LogP contribution in [0.1, 0.15) is 70.2 Å². The lowest BCUT2D eigenvalue weighted by Crippen LogP contribution is -2.14. The highest BCUT2D eigenvalue weighted by molar-refractivity contribution is 6.33. The summed E-state index contributed by atoms with van der Waals surface area (Å²) in [4.78, 5) is 4.73. The molecule has 33 heavy (non-hydrogen) atoms. The molecule has 0 spiro atoms. The van der Waals surface area contributed by atoms with Crippen LogP contribution in [0.15, 0.2) is 34.5 Å². The molecule has 0 unspecified atom stereocenters. The molecule has 0 saturated heterocycles. The number of oxazole rings is 1. The Bertz CT molecular complexity index is 1000. The number of methoxy groups -OCH3 is 1. The summed E-state index contributed by atoms with van der Waals surface area (Å²) in [6.07, 6.45) is 8.63. The Morgan fingerprint density at radius 1 is 1.30 bits per heavy atom. The molecule has 2 aromatic rings. The molecule has 0 aliphatic heterocycles. The van der Waals surface area contributed by atoms with Crippen molar-refractivity contribution in [3.8, 4) is 5.75 Å². The number of halogens is 1. The fourth-order valence-electron chi connectivity index (χ4n) is 3.93. The number of benzene rings is 1. The van der Waals surface area contributed by atoms with Gasteiger partial charge in [-0.2, -0.15) is 4.98 Å². The highest BCUT2D eigenvalue weighted by Crippen LogP contribution is 2.44. The fraction of sp³-hybridized carbons (Fsp3) is 0.519. The van der Waals surface area contributed by atoms with Gasteiger partial charge in [0, 0.05) is 18.7 Å². The van der Waals surface area contributed by atoms with Crippen LogP contribution in [0.3, 0.4) is 0 Å². The van der Waals surface area contributed by atoms with Crippen molar-refractivity contribution in [3.05, 3.63) is 51.9 Å². The standard InChI is InChI=1S/C27H37ClN2O3/c1-7-18(4)22(24-16-33-27(30-24)29-17(2)3)15-23(20-9-8-10-20)21-11-12-25(26(28)19(21)5)32-14-13-31-6/h11-12,15-17,20H,7-10,13-14H2,1-6H3,(H,29,30)/b22-18-,23-15-. The molecule has 0 bridgehead atoms. The van der Waals surface area contributed by atoms with Crippen LogP contribution in [0.2, 0.25) is 5.02 Å². The van der Waals surface area contributed by atoms with E-state index in [1.165, 1.54) is 36.0 Å². The summed E-state index contributed by atoms with van der Waals surface area (Å²) < 4.78 is 16.6. The first-order chi connectivity index (χ1) is 15.8. The van der Waals surface area contributed by atoms with E-state index in [1.54, 1.807) is 13.4 Å². The maximum absolute atomic E-state index is 6.74. The number of ether oxygens (including phenoxy) is 2. The quantitative estimate of drug-likeness (QED) is 0.270. The zero-order valence-electron chi connectivity index (χ0n) is 20.8. The zero-order valence-corrected chi connectivity index (χ0v) is 21.5. The van der Waals surface area contributed by atoms with Gasteiger partial charge in [0.2, 0.25) is 0 Å². The molecule has 6 heteroatoms. The molecule has 1 N–H and O–H groups in total. The van der Waals surface area contributed by atoms with Crippen LogP contribution in [0.25, 0.3) is 11.1 Å². The number of hydrogen-bond donors (Lipinski definition) is 1. The van der Waals surface area contributed by atoms with E-state index in [2.05, 4.69) is 52.1 Å². The second-order valence-corrected chi connectivity index (χ2v) is 9.38. The Morgan fingerprint density at radius 2 is 2.06 bits per heavy atom. The van der Waals surface area contributed by atoms with Gasteiger partial charge < -0.3 is 19.2 Å². The van der Waals surface area contributed by atoms with Gasteiger partial charge in [0.15, 0.2) is 0 Å². The third-order valence-corrected chi connectivity index (χ3v) is 6.70. The molecular formula is C27H37ClN2O3. The first-order valence-electron chi connectivity index (χ1n) is 11.9. The van der Waals surface area contributed by atoms with Gasteiger partial charge in [-0.25, -0.2) is 0 Å². The van der Waals surface area contributed by atoms with Gasteiger partial charge in [0.05, 0.1) is 11.6 Å². The van der Waals surface area contributed by atoms with Crippen LogP contribution >= 0.6 is 11.6 Å². The topological polar surface area (TPSA) is 56.5 Å². The van der Waals surface area contributed by atoms with Crippen LogP contribution in [0.4, 0.5) is 6.01 Å². The van der Waals surface area contributed by atoms with Crippen LogP contribution < -0.4 is 10.1 Å². The molecular weight excluding hydrogens is 436 g/mol. The third kappa shape index (κ3) is 6.21. The van der Waals surface area contributed by atoms with Crippen molar-refractivity contribution in [1.82, 2.24) is 4.98 Å².